The molecule has 20 heavy (non-hydrogen) atoms. The van der Waals surface area contributed by atoms with E-state index in [4.69, 9.17) is 0 Å². The second-order valence-electron chi connectivity index (χ2n) is 5.85. The maximum Gasteiger partial charge on any atom is 0.0628 e. The van der Waals surface area contributed by atoms with Crippen molar-refractivity contribution in [3.8, 4) is 0 Å². The molecule has 1 aliphatic carbocycles. The fourth-order valence-electron chi connectivity index (χ4n) is 3.30. The lowest BCUT2D eigenvalue weighted by Gasteiger charge is -2.20. The Balaban J connectivity index is 1.82. The number of aryl methyl sites for hydroxylation is 1. The van der Waals surface area contributed by atoms with E-state index >= 15 is 0 Å². The van der Waals surface area contributed by atoms with Crippen molar-refractivity contribution in [3.63, 3.8) is 0 Å². The van der Waals surface area contributed by atoms with Crippen molar-refractivity contribution < 1.29 is 0 Å². The average molecular weight is 308 g/mol. The van der Waals surface area contributed by atoms with Gasteiger partial charge in [-0.2, -0.15) is 11.8 Å². The number of hydrogen-bond acceptors (Lipinski definition) is 3. The van der Waals surface area contributed by atoms with Gasteiger partial charge in [0.15, 0.2) is 0 Å². The molecule has 1 atom stereocenters. The van der Waals surface area contributed by atoms with Crippen LogP contribution in [0.1, 0.15) is 59.9 Å². The maximum absolute atomic E-state index is 3.58. The largest absolute Gasteiger partial charge is 0.309 e. The van der Waals surface area contributed by atoms with Crippen LogP contribution in [-0.4, -0.2) is 12.8 Å². The highest BCUT2D eigenvalue weighted by molar-refractivity contribution is 7.98. The molecule has 1 aromatic heterocycles. The van der Waals surface area contributed by atoms with Gasteiger partial charge in [0, 0.05) is 15.5 Å². The Morgan fingerprint density at radius 3 is 2.90 bits per heavy atom. The molecule has 0 bridgehead atoms. The third-order valence-corrected chi connectivity index (χ3v) is 6.73. The summed E-state index contributed by atoms with van der Waals surface area (Å²) < 4.78 is 0. The first-order valence-corrected chi connectivity index (χ1v) is 9.91. The van der Waals surface area contributed by atoms with E-state index in [0.717, 1.165) is 0 Å². The van der Waals surface area contributed by atoms with Crippen molar-refractivity contribution in [1.82, 2.24) is 5.32 Å². The third-order valence-electron chi connectivity index (χ3n) is 4.42. The van der Waals surface area contributed by atoms with Crippen LogP contribution in [0.3, 0.4) is 0 Å². The van der Waals surface area contributed by atoms with Gasteiger partial charge >= 0.3 is 0 Å². The minimum absolute atomic E-state index is 0.466. The zero-order chi connectivity index (χ0) is 13.8. The molecule has 0 saturated carbocycles. The van der Waals surface area contributed by atoms with E-state index in [1.165, 1.54) is 56.5 Å². The molecule has 1 nitrogen and oxygen atoms in total. The molecule has 1 N–H and O–H groups in total. The second kappa shape index (κ2) is 7.15. The Kier molecular flexibility index (Phi) is 5.24. The molecule has 1 aromatic rings. The van der Waals surface area contributed by atoms with Crippen LogP contribution in [0.4, 0.5) is 0 Å². The Bertz CT molecular complexity index is 452. The molecule has 110 valence electrons. The van der Waals surface area contributed by atoms with Gasteiger partial charge in [0.25, 0.3) is 0 Å². The summed E-state index contributed by atoms with van der Waals surface area (Å²) in [5, 5.41) is 3.58. The fourth-order valence-corrected chi connectivity index (χ4v) is 5.83. The number of likely N-dealkylation sites (N-methyl/N-ethyl adjacent to an activating group) is 1. The summed E-state index contributed by atoms with van der Waals surface area (Å²) in [5.74, 6) is 2.53. The first-order valence-electron chi connectivity index (χ1n) is 7.94. The summed E-state index contributed by atoms with van der Waals surface area (Å²) in [6.45, 7) is 0. The molecule has 0 spiro atoms. The zero-order valence-corrected chi connectivity index (χ0v) is 14.0. The summed E-state index contributed by atoms with van der Waals surface area (Å²) in [6, 6.07) is 2.95. The van der Waals surface area contributed by atoms with Crippen molar-refractivity contribution in [2.75, 3.05) is 12.8 Å². The smallest absolute Gasteiger partial charge is 0.0628 e. The Hall–Kier alpha value is -0.250. The molecule has 3 heteroatoms. The summed E-state index contributed by atoms with van der Waals surface area (Å²) in [5.41, 5.74) is 3.24. The molecule has 0 amide bonds. The molecular formula is C17H25NS2. The van der Waals surface area contributed by atoms with Crippen molar-refractivity contribution in [1.29, 1.82) is 0 Å². The van der Waals surface area contributed by atoms with E-state index < -0.39 is 0 Å². The van der Waals surface area contributed by atoms with Crippen molar-refractivity contribution in [3.05, 3.63) is 33.0 Å². The quantitative estimate of drug-likeness (QED) is 0.782. The molecule has 1 unspecified atom stereocenters. The first kappa shape index (κ1) is 14.7. The van der Waals surface area contributed by atoms with Crippen LogP contribution in [0.15, 0.2) is 17.7 Å². The zero-order valence-electron chi connectivity index (χ0n) is 12.4. The lowest BCUT2D eigenvalue weighted by atomic mass is 9.94. The van der Waals surface area contributed by atoms with Gasteiger partial charge in [0.2, 0.25) is 0 Å². The molecule has 1 aliphatic heterocycles. The van der Waals surface area contributed by atoms with Crippen molar-refractivity contribution in [2.45, 2.75) is 56.7 Å². The Morgan fingerprint density at radius 1 is 1.15 bits per heavy atom. The molecular weight excluding hydrogens is 282 g/mol. The predicted molar refractivity (Wildman–Crippen MR) is 91.8 cm³/mol. The minimum Gasteiger partial charge on any atom is -0.309 e. The van der Waals surface area contributed by atoms with Crippen LogP contribution in [0.2, 0.25) is 0 Å². The molecule has 0 radical (unpaired) electrons. The van der Waals surface area contributed by atoms with Crippen LogP contribution in [0.25, 0.3) is 0 Å². The standard InChI is InChI=1S/C17H25NS2/c1-18-17(13-7-5-3-2-4-6-8-13)16-11-14-12-19-10-9-15(14)20-16/h7,11,17-18H,2-6,8-10,12H2,1H3. The average Bonchev–Trinajstić information content (AvgIpc) is 2.85. The van der Waals surface area contributed by atoms with Gasteiger partial charge < -0.3 is 5.32 Å². The number of thioether (sulfide) groups is 1. The van der Waals surface area contributed by atoms with E-state index in [2.05, 4.69) is 47.6 Å². The maximum atomic E-state index is 3.58. The van der Waals surface area contributed by atoms with Gasteiger partial charge in [-0.15, -0.1) is 11.3 Å². The lowest BCUT2D eigenvalue weighted by molar-refractivity contribution is 0.577. The molecule has 0 saturated heterocycles. The summed E-state index contributed by atoms with van der Waals surface area (Å²) >= 11 is 4.14. The molecule has 2 aliphatic rings. The van der Waals surface area contributed by atoms with E-state index in [9.17, 15) is 0 Å². The SMILES string of the molecule is CNC(C1=CCCCCCC1)c1cc2c(s1)CCSC2. The van der Waals surface area contributed by atoms with E-state index in [1.807, 2.05) is 0 Å². The predicted octanol–water partition coefficient (Wildman–Crippen LogP) is 5.08. The normalized spacial score (nSPS) is 21.6. The topological polar surface area (TPSA) is 12.0 Å². The molecule has 2 heterocycles. The number of thiophene rings is 1. The fraction of sp³-hybridized carbons (Fsp3) is 0.647. The Labute approximate surface area is 131 Å². The lowest BCUT2D eigenvalue weighted by Crippen LogP contribution is -2.18. The molecule has 0 fully saturated rings. The van der Waals surface area contributed by atoms with Crippen LogP contribution in [-0.2, 0) is 12.2 Å². The van der Waals surface area contributed by atoms with Crippen molar-refractivity contribution in [2.24, 2.45) is 0 Å². The van der Waals surface area contributed by atoms with Gasteiger partial charge in [-0.1, -0.05) is 24.5 Å². The highest BCUT2D eigenvalue weighted by atomic mass is 32.2. The molecule has 0 aromatic carbocycles. The number of fused-ring (bicyclic) bond motifs is 1. The van der Waals surface area contributed by atoms with Crippen LogP contribution in [0, 0.1) is 0 Å². The summed E-state index contributed by atoms with van der Waals surface area (Å²) in [4.78, 5) is 3.19. The number of rotatable bonds is 3. The van der Waals surface area contributed by atoms with Gasteiger partial charge in [-0.05, 0) is 56.5 Å². The van der Waals surface area contributed by atoms with Gasteiger partial charge in [-0.25, -0.2) is 0 Å². The number of allylic oxidation sites excluding steroid dienone is 1. The highest BCUT2D eigenvalue weighted by Crippen LogP contribution is 2.38. The van der Waals surface area contributed by atoms with Crippen LogP contribution in [0.5, 0.6) is 0 Å². The molecule has 3 rings (SSSR count). The van der Waals surface area contributed by atoms with Gasteiger partial charge in [0.05, 0.1) is 6.04 Å². The van der Waals surface area contributed by atoms with E-state index in [1.54, 1.807) is 20.9 Å². The third kappa shape index (κ3) is 3.32. The van der Waals surface area contributed by atoms with Gasteiger partial charge in [0.1, 0.15) is 0 Å². The monoisotopic (exact) mass is 307 g/mol. The number of hydrogen-bond donors (Lipinski definition) is 1. The highest BCUT2D eigenvalue weighted by Gasteiger charge is 2.21. The van der Waals surface area contributed by atoms with Crippen molar-refractivity contribution >= 4 is 23.1 Å². The van der Waals surface area contributed by atoms with Gasteiger partial charge in [-0.3, -0.25) is 0 Å². The van der Waals surface area contributed by atoms with E-state index in [0.29, 0.717) is 6.04 Å². The first-order chi connectivity index (χ1) is 9.88. The van der Waals surface area contributed by atoms with Crippen LogP contribution >= 0.6 is 23.1 Å². The summed E-state index contributed by atoms with van der Waals surface area (Å²) in [6.07, 6.45) is 11.9. The second-order valence-corrected chi connectivity index (χ2v) is 8.13. The number of nitrogens with one attached hydrogen (secondary N) is 1. The van der Waals surface area contributed by atoms with Crippen LogP contribution < -0.4 is 5.32 Å². The summed E-state index contributed by atoms with van der Waals surface area (Å²) in [7, 11) is 2.12. The van der Waals surface area contributed by atoms with E-state index in [-0.39, 0.29) is 0 Å². The Morgan fingerprint density at radius 2 is 2.05 bits per heavy atom. The minimum atomic E-state index is 0.466.